The summed E-state index contributed by atoms with van der Waals surface area (Å²) in [5.41, 5.74) is 5.23. The van der Waals surface area contributed by atoms with Gasteiger partial charge < -0.3 is 10.1 Å². The number of esters is 1. The van der Waals surface area contributed by atoms with E-state index in [9.17, 15) is 19.2 Å². The fourth-order valence-electron chi connectivity index (χ4n) is 2.03. The quantitative estimate of drug-likeness (QED) is 0.415. The molecule has 3 amide bonds. The third-order valence-corrected chi connectivity index (χ3v) is 4.25. The summed E-state index contributed by atoms with van der Waals surface area (Å²) in [6.45, 7) is -0.585. The topological polar surface area (TPSA) is 114 Å². The minimum Gasteiger partial charge on any atom is -0.455 e. The molecule has 152 valence electrons. The normalized spacial score (nSPS) is 10.0. The van der Waals surface area contributed by atoms with E-state index in [-0.39, 0.29) is 18.7 Å². The van der Waals surface area contributed by atoms with Crippen molar-refractivity contribution in [3.05, 3.63) is 63.6 Å². The molecular weight excluding hydrogens is 466 g/mol. The SMILES string of the molecule is O=C(COC(=O)CCC(=O)Nc1ccc(Cl)cc1)NNC(=O)c1ccc(Br)cc1. The van der Waals surface area contributed by atoms with Gasteiger partial charge in [-0.05, 0) is 48.5 Å². The molecule has 0 saturated heterocycles. The van der Waals surface area contributed by atoms with E-state index >= 15 is 0 Å². The predicted octanol–water partition coefficient (Wildman–Crippen LogP) is 2.83. The Balaban J connectivity index is 1.63. The smallest absolute Gasteiger partial charge is 0.306 e. The van der Waals surface area contributed by atoms with E-state index in [2.05, 4.69) is 32.1 Å². The number of ether oxygens (including phenoxy) is 1. The predicted molar refractivity (Wildman–Crippen MR) is 110 cm³/mol. The molecule has 0 aromatic heterocycles. The van der Waals surface area contributed by atoms with Gasteiger partial charge in [-0.15, -0.1) is 0 Å². The van der Waals surface area contributed by atoms with E-state index in [1.807, 2.05) is 0 Å². The number of rotatable bonds is 7. The Hall–Kier alpha value is -2.91. The summed E-state index contributed by atoms with van der Waals surface area (Å²) in [5.74, 6) is -2.33. The molecule has 2 aromatic rings. The van der Waals surface area contributed by atoms with Crippen LogP contribution in [0.1, 0.15) is 23.2 Å². The lowest BCUT2D eigenvalue weighted by Crippen LogP contribution is -2.43. The Labute approximate surface area is 180 Å². The zero-order valence-corrected chi connectivity index (χ0v) is 17.4. The summed E-state index contributed by atoms with van der Waals surface area (Å²) in [6, 6.07) is 13.0. The molecule has 0 heterocycles. The Morgan fingerprint density at radius 1 is 0.862 bits per heavy atom. The first-order valence-electron chi connectivity index (χ1n) is 8.39. The molecule has 10 heteroatoms. The largest absolute Gasteiger partial charge is 0.455 e. The monoisotopic (exact) mass is 481 g/mol. The highest BCUT2D eigenvalue weighted by Gasteiger charge is 2.12. The number of nitrogens with one attached hydrogen (secondary N) is 3. The second kappa shape index (κ2) is 11.2. The average molecular weight is 483 g/mol. The van der Waals surface area contributed by atoms with Gasteiger partial charge in [0.05, 0.1) is 6.42 Å². The van der Waals surface area contributed by atoms with Crippen LogP contribution in [0.4, 0.5) is 5.69 Å². The average Bonchev–Trinajstić information content (AvgIpc) is 2.71. The molecule has 3 N–H and O–H groups in total. The molecule has 29 heavy (non-hydrogen) atoms. The van der Waals surface area contributed by atoms with Crippen LogP contribution in [-0.2, 0) is 19.1 Å². The second-order valence-corrected chi connectivity index (χ2v) is 7.08. The maximum absolute atomic E-state index is 11.8. The van der Waals surface area contributed by atoms with E-state index in [1.165, 1.54) is 0 Å². The van der Waals surface area contributed by atoms with Crippen LogP contribution in [0.25, 0.3) is 0 Å². The van der Waals surface area contributed by atoms with Crippen molar-refractivity contribution in [2.75, 3.05) is 11.9 Å². The van der Waals surface area contributed by atoms with Crippen LogP contribution in [0, 0.1) is 0 Å². The highest BCUT2D eigenvalue weighted by molar-refractivity contribution is 9.10. The number of hydrazine groups is 1. The van der Waals surface area contributed by atoms with Gasteiger partial charge in [0.1, 0.15) is 0 Å². The number of hydrogen-bond donors (Lipinski definition) is 3. The lowest BCUT2D eigenvalue weighted by atomic mass is 10.2. The van der Waals surface area contributed by atoms with Crippen molar-refractivity contribution in [3.8, 4) is 0 Å². The van der Waals surface area contributed by atoms with E-state index in [0.717, 1.165) is 4.47 Å². The maximum atomic E-state index is 11.8. The van der Waals surface area contributed by atoms with Gasteiger partial charge >= 0.3 is 5.97 Å². The summed E-state index contributed by atoms with van der Waals surface area (Å²) in [5, 5.41) is 3.15. The molecule has 0 aliphatic heterocycles. The van der Waals surface area contributed by atoms with Gasteiger partial charge in [-0.1, -0.05) is 27.5 Å². The first-order chi connectivity index (χ1) is 13.8. The van der Waals surface area contributed by atoms with Crippen molar-refractivity contribution in [3.63, 3.8) is 0 Å². The van der Waals surface area contributed by atoms with Crippen molar-refractivity contribution in [1.29, 1.82) is 0 Å². The van der Waals surface area contributed by atoms with Crippen LogP contribution in [0.15, 0.2) is 53.0 Å². The molecular formula is C19H17BrClN3O5. The minimum absolute atomic E-state index is 0.108. The molecule has 2 aromatic carbocycles. The Bertz CT molecular complexity index is 888. The van der Waals surface area contributed by atoms with Crippen molar-refractivity contribution in [1.82, 2.24) is 10.9 Å². The van der Waals surface area contributed by atoms with E-state index in [0.29, 0.717) is 16.3 Å². The number of carbonyl (C=O) groups excluding carboxylic acids is 4. The molecule has 0 atom stereocenters. The molecule has 0 spiro atoms. The molecule has 2 rings (SSSR count). The number of anilines is 1. The standard InChI is InChI=1S/C19H17BrClN3O5/c20-13-3-1-12(2-4-13)19(28)24-23-17(26)11-29-18(27)10-9-16(25)22-15-7-5-14(21)6-8-15/h1-8H,9-11H2,(H,22,25)(H,23,26)(H,24,28). The fraction of sp³-hybridized carbons (Fsp3) is 0.158. The zero-order valence-electron chi connectivity index (χ0n) is 15.0. The van der Waals surface area contributed by atoms with Gasteiger partial charge in [0.25, 0.3) is 11.8 Å². The van der Waals surface area contributed by atoms with Gasteiger partial charge in [0, 0.05) is 27.2 Å². The lowest BCUT2D eigenvalue weighted by molar-refractivity contribution is -0.149. The van der Waals surface area contributed by atoms with Crippen LogP contribution in [-0.4, -0.2) is 30.3 Å². The van der Waals surface area contributed by atoms with Gasteiger partial charge in [-0.3, -0.25) is 30.0 Å². The first-order valence-corrected chi connectivity index (χ1v) is 9.56. The second-order valence-electron chi connectivity index (χ2n) is 5.72. The van der Waals surface area contributed by atoms with E-state index in [1.54, 1.807) is 48.5 Å². The Morgan fingerprint density at radius 2 is 1.52 bits per heavy atom. The summed E-state index contributed by atoms with van der Waals surface area (Å²) in [4.78, 5) is 46.9. The molecule has 0 fully saturated rings. The minimum atomic E-state index is -0.717. The summed E-state index contributed by atoms with van der Waals surface area (Å²) >= 11 is 9.01. The number of benzene rings is 2. The fourth-order valence-corrected chi connectivity index (χ4v) is 2.42. The molecule has 0 aliphatic rings. The maximum Gasteiger partial charge on any atom is 0.306 e. The van der Waals surface area contributed by atoms with Gasteiger partial charge in [-0.2, -0.15) is 0 Å². The summed E-state index contributed by atoms with van der Waals surface area (Å²) in [7, 11) is 0. The number of halogens is 2. The van der Waals surface area contributed by atoms with Gasteiger partial charge in [-0.25, -0.2) is 0 Å². The summed E-state index contributed by atoms with van der Waals surface area (Å²) in [6.07, 6.45) is -0.304. The van der Waals surface area contributed by atoms with Crippen LogP contribution < -0.4 is 16.2 Å². The molecule has 0 saturated carbocycles. The number of carbonyl (C=O) groups is 4. The van der Waals surface area contributed by atoms with Gasteiger partial charge in [0.15, 0.2) is 6.61 Å². The first kappa shape index (κ1) is 22.4. The number of hydrogen-bond acceptors (Lipinski definition) is 5. The van der Waals surface area contributed by atoms with Crippen LogP contribution >= 0.6 is 27.5 Å². The Morgan fingerprint density at radius 3 is 2.17 bits per heavy atom. The van der Waals surface area contributed by atoms with Crippen molar-refractivity contribution in [2.45, 2.75) is 12.8 Å². The number of amides is 3. The van der Waals surface area contributed by atoms with Crippen molar-refractivity contribution >= 4 is 56.9 Å². The van der Waals surface area contributed by atoms with E-state index < -0.39 is 24.4 Å². The van der Waals surface area contributed by atoms with Crippen LogP contribution in [0.2, 0.25) is 5.02 Å². The Kier molecular flexibility index (Phi) is 8.63. The highest BCUT2D eigenvalue weighted by atomic mass is 79.9. The molecule has 0 bridgehead atoms. The van der Waals surface area contributed by atoms with E-state index in [4.69, 9.17) is 16.3 Å². The third-order valence-electron chi connectivity index (χ3n) is 3.47. The third kappa shape index (κ3) is 8.32. The molecule has 8 nitrogen and oxygen atoms in total. The molecule has 0 aliphatic carbocycles. The van der Waals surface area contributed by atoms with Crippen molar-refractivity contribution < 1.29 is 23.9 Å². The molecule has 0 radical (unpaired) electrons. The highest BCUT2D eigenvalue weighted by Crippen LogP contribution is 2.13. The zero-order chi connectivity index (χ0) is 21.2. The summed E-state index contributed by atoms with van der Waals surface area (Å²) < 4.78 is 5.58. The lowest BCUT2D eigenvalue weighted by Gasteiger charge is -2.08. The van der Waals surface area contributed by atoms with Crippen LogP contribution in [0.3, 0.4) is 0 Å². The van der Waals surface area contributed by atoms with Gasteiger partial charge in [0.2, 0.25) is 5.91 Å². The van der Waals surface area contributed by atoms with Crippen molar-refractivity contribution in [2.24, 2.45) is 0 Å². The molecule has 0 unspecified atom stereocenters. The van der Waals surface area contributed by atoms with Crippen LogP contribution in [0.5, 0.6) is 0 Å².